The van der Waals surface area contributed by atoms with Gasteiger partial charge < -0.3 is 10.1 Å². The van der Waals surface area contributed by atoms with E-state index in [0.29, 0.717) is 18.7 Å². The molecule has 0 spiro atoms. The molecule has 2 rings (SSSR count). The van der Waals surface area contributed by atoms with Gasteiger partial charge in [0.05, 0.1) is 6.61 Å². The van der Waals surface area contributed by atoms with Crippen molar-refractivity contribution in [2.75, 3.05) is 20.2 Å². The Morgan fingerprint density at radius 3 is 2.76 bits per heavy atom. The standard InChI is InChI=1S/C18H30N2O/c1-15(2)20(13-18-9-4-5-10-19-18)12-16-7-6-8-17(11-16)14-21-3/h6-8,11,15,18-19H,4-5,9-10,12-14H2,1-3H3. The van der Waals surface area contributed by atoms with Crippen LogP contribution in [0.5, 0.6) is 0 Å². The predicted octanol–water partition coefficient (Wildman–Crippen LogP) is 3.19. The Morgan fingerprint density at radius 1 is 1.29 bits per heavy atom. The molecular weight excluding hydrogens is 260 g/mol. The monoisotopic (exact) mass is 290 g/mol. The topological polar surface area (TPSA) is 24.5 Å². The van der Waals surface area contributed by atoms with Gasteiger partial charge in [-0.25, -0.2) is 0 Å². The van der Waals surface area contributed by atoms with Crippen LogP contribution < -0.4 is 5.32 Å². The fourth-order valence-electron chi connectivity index (χ4n) is 3.04. The molecule has 1 aromatic rings. The van der Waals surface area contributed by atoms with Crippen molar-refractivity contribution in [3.05, 3.63) is 35.4 Å². The maximum absolute atomic E-state index is 5.23. The highest BCUT2D eigenvalue weighted by molar-refractivity contribution is 5.23. The van der Waals surface area contributed by atoms with Crippen LogP contribution in [-0.2, 0) is 17.9 Å². The Bertz CT molecular complexity index is 413. The molecule has 1 aliphatic heterocycles. The Labute approximate surface area is 129 Å². The number of hydrogen-bond donors (Lipinski definition) is 1. The number of methoxy groups -OCH3 is 1. The molecule has 1 saturated heterocycles. The van der Waals surface area contributed by atoms with E-state index in [4.69, 9.17) is 4.74 Å². The summed E-state index contributed by atoms with van der Waals surface area (Å²) in [7, 11) is 1.75. The number of piperidine rings is 1. The molecule has 1 aromatic carbocycles. The smallest absolute Gasteiger partial charge is 0.0713 e. The summed E-state index contributed by atoms with van der Waals surface area (Å²) >= 11 is 0. The largest absolute Gasteiger partial charge is 0.380 e. The number of nitrogens with one attached hydrogen (secondary N) is 1. The Morgan fingerprint density at radius 2 is 2.10 bits per heavy atom. The van der Waals surface area contributed by atoms with E-state index in [-0.39, 0.29) is 0 Å². The third kappa shape index (κ3) is 5.42. The zero-order chi connectivity index (χ0) is 15.1. The quantitative estimate of drug-likeness (QED) is 0.834. The maximum Gasteiger partial charge on any atom is 0.0713 e. The first-order valence-electron chi connectivity index (χ1n) is 8.23. The van der Waals surface area contributed by atoms with Gasteiger partial charge in [0, 0.05) is 32.3 Å². The lowest BCUT2D eigenvalue weighted by Gasteiger charge is -2.33. The molecule has 1 heterocycles. The number of rotatable bonds is 7. The molecule has 1 aliphatic rings. The van der Waals surface area contributed by atoms with Crippen LogP contribution in [0.2, 0.25) is 0 Å². The second-order valence-corrected chi connectivity index (χ2v) is 6.42. The summed E-state index contributed by atoms with van der Waals surface area (Å²) in [5.41, 5.74) is 2.64. The fourth-order valence-corrected chi connectivity index (χ4v) is 3.04. The molecule has 118 valence electrons. The van der Waals surface area contributed by atoms with Crippen molar-refractivity contribution in [2.45, 2.75) is 58.3 Å². The van der Waals surface area contributed by atoms with Gasteiger partial charge in [-0.05, 0) is 44.4 Å². The van der Waals surface area contributed by atoms with Gasteiger partial charge in [-0.1, -0.05) is 30.7 Å². The molecular formula is C18H30N2O. The fraction of sp³-hybridized carbons (Fsp3) is 0.667. The molecule has 0 saturated carbocycles. The van der Waals surface area contributed by atoms with Crippen molar-refractivity contribution in [3.8, 4) is 0 Å². The molecule has 1 N–H and O–H groups in total. The second kappa shape index (κ2) is 8.52. The van der Waals surface area contributed by atoms with Crippen LogP contribution in [0.15, 0.2) is 24.3 Å². The van der Waals surface area contributed by atoms with Crippen LogP contribution >= 0.6 is 0 Å². The summed E-state index contributed by atoms with van der Waals surface area (Å²) < 4.78 is 5.23. The maximum atomic E-state index is 5.23. The van der Waals surface area contributed by atoms with Gasteiger partial charge in [0.2, 0.25) is 0 Å². The van der Waals surface area contributed by atoms with Gasteiger partial charge in [0.25, 0.3) is 0 Å². The number of ether oxygens (including phenoxy) is 1. The van der Waals surface area contributed by atoms with E-state index in [1.165, 1.54) is 36.9 Å². The third-order valence-corrected chi connectivity index (χ3v) is 4.29. The first-order valence-corrected chi connectivity index (χ1v) is 8.23. The molecule has 3 heteroatoms. The van der Waals surface area contributed by atoms with Gasteiger partial charge in [-0.3, -0.25) is 4.90 Å². The van der Waals surface area contributed by atoms with Crippen molar-refractivity contribution in [2.24, 2.45) is 0 Å². The zero-order valence-corrected chi connectivity index (χ0v) is 13.8. The van der Waals surface area contributed by atoms with Crippen molar-refractivity contribution < 1.29 is 4.74 Å². The first-order chi connectivity index (χ1) is 10.2. The summed E-state index contributed by atoms with van der Waals surface area (Å²) in [6, 6.07) is 10.00. The highest BCUT2D eigenvalue weighted by Crippen LogP contribution is 2.15. The summed E-state index contributed by atoms with van der Waals surface area (Å²) in [6.45, 7) is 8.63. The van der Waals surface area contributed by atoms with Gasteiger partial charge in [-0.2, -0.15) is 0 Å². The van der Waals surface area contributed by atoms with Gasteiger partial charge in [0.1, 0.15) is 0 Å². The molecule has 0 bridgehead atoms. The summed E-state index contributed by atoms with van der Waals surface area (Å²) in [5.74, 6) is 0. The second-order valence-electron chi connectivity index (χ2n) is 6.42. The van der Waals surface area contributed by atoms with E-state index < -0.39 is 0 Å². The summed E-state index contributed by atoms with van der Waals surface area (Å²) in [5, 5.41) is 3.66. The first kappa shape index (κ1) is 16.5. The minimum Gasteiger partial charge on any atom is -0.380 e. The lowest BCUT2D eigenvalue weighted by Crippen LogP contribution is -2.45. The van der Waals surface area contributed by atoms with E-state index in [1.807, 2.05) is 0 Å². The molecule has 0 aromatic heterocycles. The van der Waals surface area contributed by atoms with Gasteiger partial charge >= 0.3 is 0 Å². The number of hydrogen-bond acceptors (Lipinski definition) is 3. The van der Waals surface area contributed by atoms with E-state index in [2.05, 4.69) is 48.3 Å². The Hall–Kier alpha value is -0.900. The molecule has 0 amide bonds. The molecule has 0 aliphatic carbocycles. The zero-order valence-electron chi connectivity index (χ0n) is 13.8. The molecule has 21 heavy (non-hydrogen) atoms. The van der Waals surface area contributed by atoms with Crippen LogP contribution in [-0.4, -0.2) is 37.2 Å². The number of benzene rings is 1. The van der Waals surface area contributed by atoms with E-state index in [1.54, 1.807) is 7.11 Å². The molecule has 1 fully saturated rings. The van der Waals surface area contributed by atoms with Gasteiger partial charge in [-0.15, -0.1) is 0 Å². The van der Waals surface area contributed by atoms with Crippen LogP contribution in [0.4, 0.5) is 0 Å². The third-order valence-electron chi connectivity index (χ3n) is 4.29. The van der Waals surface area contributed by atoms with Crippen molar-refractivity contribution in [1.29, 1.82) is 0 Å². The Balaban J connectivity index is 1.96. The molecule has 1 unspecified atom stereocenters. The number of nitrogens with zero attached hydrogens (tertiary/aromatic N) is 1. The van der Waals surface area contributed by atoms with Crippen LogP contribution in [0.3, 0.4) is 0 Å². The normalized spacial score (nSPS) is 19.4. The highest BCUT2D eigenvalue weighted by atomic mass is 16.5. The average Bonchev–Trinajstić information content (AvgIpc) is 2.48. The van der Waals surface area contributed by atoms with Crippen LogP contribution in [0, 0.1) is 0 Å². The SMILES string of the molecule is COCc1cccc(CN(CC2CCCCN2)C(C)C)c1. The minimum absolute atomic E-state index is 0.569. The van der Waals surface area contributed by atoms with Crippen molar-refractivity contribution in [3.63, 3.8) is 0 Å². The van der Waals surface area contributed by atoms with Crippen molar-refractivity contribution in [1.82, 2.24) is 10.2 Å². The lowest BCUT2D eigenvalue weighted by molar-refractivity contribution is 0.176. The van der Waals surface area contributed by atoms with E-state index >= 15 is 0 Å². The van der Waals surface area contributed by atoms with Crippen LogP contribution in [0.25, 0.3) is 0 Å². The van der Waals surface area contributed by atoms with E-state index in [9.17, 15) is 0 Å². The van der Waals surface area contributed by atoms with Crippen LogP contribution in [0.1, 0.15) is 44.2 Å². The summed E-state index contributed by atoms with van der Waals surface area (Å²) in [6.07, 6.45) is 4.01. The molecule has 3 nitrogen and oxygen atoms in total. The highest BCUT2D eigenvalue weighted by Gasteiger charge is 2.18. The minimum atomic E-state index is 0.569. The van der Waals surface area contributed by atoms with Crippen molar-refractivity contribution >= 4 is 0 Å². The average molecular weight is 290 g/mol. The lowest BCUT2D eigenvalue weighted by atomic mass is 10.0. The van der Waals surface area contributed by atoms with Gasteiger partial charge in [0.15, 0.2) is 0 Å². The Kier molecular flexibility index (Phi) is 6.68. The summed E-state index contributed by atoms with van der Waals surface area (Å²) in [4.78, 5) is 2.58. The molecule has 0 radical (unpaired) electrons. The van der Waals surface area contributed by atoms with E-state index in [0.717, 1.165) is 13.1 Å². The molecule has 1 atom stereocenters. The predicted molar refractivity (Wildman–Crippen MR) is 88.3 cm³/mol.